The smallest absolute Gasteiger partial charge is 0.305 e. The Morgan fingerprint density at radius 2 is 1.97 bits per heavy atom. The van der Waals surface area contributed by atoms with Gasteiger partial charge in [0.15, 0.2) is 5.58 Å². The summed E-state index contributed by atoms with van der Waals surface area (Å²) in [6.45, 7) is 8.63. The Morgan fingerprint density at radius 1 is 1.23 bits per heavy atom. The highest BCUT2D eigenvalue weighted by molar-refractivity contribution is 5.78. The van der Waals surface area contributed by atoms with E-state index in [1.165, 1.54) is 7.11 Å². The normalized spacial score (nSPS) is 12.6. The monoisotopic (exact) mass is 423 g/mol. The predicted octanol–water partition coefficient (Wildman–Crippen LogP) is 5.94. The van der Waals surface area contributed by atoms with Gasteiger partial charge in [-0.25, -0.2) is 0 Å². The molecular formula is C25H33N3O3. The summed E-state index contributed by atoms with van der Waals surface area (Å²) < 4.78 is 10.8. The highest BCUT2D eigenvalue weighted by Crippen LogP contribution is 2.34. The Labute approximate surface area is 184 Å². The lowest BCUT2D eigenvalue weighted by molar-refractivity contribution is -0.141. The van der Waals surface area contributed by atoms with Gasteiger partial charge in [-0.2, -0.15) is 4.98 Å². The molecule has 0 radical (unpaired) electrons. The molecule has 0 aliphatic rings. The van der Waals surface area contributed by atoms with Gasteiger partial charge in [0.25, 0.3) is 6.01 Å². The van der Waals surface area contributed by atoms with Crippen LogP contribution in [0.25, 0.3) is 11.1 Å². The van der Waals surface area contributed by atoms with Crippen molar-refractivity contribution in [2.75, 3.05) is 24.4 Å². The number of aromatic nitrogens is 1. The molecule has 0 aliphatic carbocycles. The Balaban J connectivity index is 1.94. The largest absolute Gasteiger partial charge is 0.469 e. The van der Waals surface area contributed by atoms with Crippen LogP contribution in [-0.4, -0.2) is 30.6 Å². The van der Waals surface area contributed by atoms with Crippen LogP contribution in [0, 0.1) is 5.92 Å². The number of nitrogens with one attached hydrogen (secondary N) is 1. The maximum atomic E-state index is 11.8. The fourth-order valence-electron chi connectivity index (χ4n) is 3.52. The van der Waals surface area contributed by atoms with E-state index in [0.29, 0.717) is 12.4 Å². The van der Waals surface area contributed by atoms with Crippen LogP contribution in [0.5, 0.6) is 0 Å². The first-order chi connectivity index (χ1) is 14.7. The summed E-state index contributed by atoms with van der Waals surface area (Å²) in [4.78, 5) is 18.6. The summed E-state index contributed by atoms with van der Waals surface area (Å²) >= 11 is 0. The molecule has 0 saturated carbocycles. The third-order valence-corrected chi connectivity index (χ3v) is 5.75. The van der Waals surface area contributed by atoms with E-state index >= 15 is 0 Å². The van der Waals surface area contributed by atoms with Crippen molar-refractivity contribution in [3.8, 4) is 0 Å². The molecule has 3 rings (SSSR count). The molecule has 0 fully saturated rings. The van der Waals surface area contributed by atoms with Crippen molar-refractivity contribution < 1.29 is 13.9 Å². The van der Waals surface area contributed by atoms with E-state index in [4.69, 9.17) is 9.15 Å². The molecule has 1 N–H and O–H groups in total. The van der Waals surface area contributed by atoms with Crippen LogP contribution in [0.15, 0.2) is 46.9 Å². The van der Waals surface area contributed by atoms with Crippen LogP contribution in [-0.2, 0) is 16.0 Å². The molecule has 1 unspecified atom stereocenters. The third-order valence-electron chi connectivity index (χ3n) is 5.75. The number of methoxy groups -OCH3 is 1. The number of ether oxygens (including phenoxy) is 1. The van der Waals surface area contributed by atoms with Gasteiger partial charge < -0.3 is 19.4 Å². The second kappa shape index (κ2) is 9.41. The van der Waals surface area contributed by atoms with Gasteiger partial charge in [0.05, 0.1) is 18.5 Å². The van der Waals surface area contributed by atoms with Crippen LogP contribution < -0.4 is 10.2 Å². The molecule has 3 aromatic rings. The molecule has 0 aliphatic heterocycles. The zero-order chi connectivity index (χ0) is 22.6. The predicted molar refractivity (Wildman–Crippen MR) is 126 cm³/mol. The summed E-state index contributed by atoms with van der Waals surface area (Å²) in [5.74, 6) is 0.0663. The van der Waals surface area contributed by atoms with Crippen LogP contribution >= 0.6 is 0 Å². The third kappa shape index (κ3) is 5.57. The minimum atomic E-state index is -0.166. The fourth-order valence-corrected chi connectivity index (χ4v) is 3.52. The van der Waals surface area contributed by atoms with Gasteiger partial charge in [-0.1, -0.05) is 31.5 Å². The number of carbonyl (C=O) groups is 1. The topological polar surface area (TPSA) is 67.6 Å². The second-order valence-corrected chi connectivity index (χ2v) is 8.95. The quantitative estimate of drug-likeness (QED) is 0.452. The van der Waals surface area contributed by atoms with E-state index in [1.807, 2.05) is 24.3 Å². The first-order valence-corrected chi connectivity index (χ1v) is 10.8. The van der Waals surface area contributed by atoms with E-state index in [1.54, 1.807) is 0 Å². The van der Waals surface area contributed by atoms with E-state index < -0.39 is 0 Å². The molecule has 6 nitrogen and oxygen atoms in total. The van der Waals surface area contributed by atoms with Gasteiger partial charge in [0, 0.05) is 19.0 Å². The average molecular weight is 424 g/mol. The summed E-state index contributed by atoms with van der Waals surface area (Å²) in [6.07, 6.45) is 2.13. The number of hydrogen-bond donors (Lipinski definition) is 1. The fraction of sp³-hybridized carbons (Fsp3) is 0.440. The SMILES string of the molecule is CCC(CC(=O)OC)Cc1ccc(N(C)C(C)(C)C)c(Nc2nc3ccccc3o2)c1. The molecule has 166 valence electrons. The maximum absolute atomic E-state index is 11.8. The van der Waals surface area contributed by atoms with E-state index in [2.05, 4.69) is 68.1 Å². The highest BCUT2D eigenvalue weighted by Gasteiger charge is 2.22. The van der Waals surface area contributed by atoms with E-state index in [-0.39, 0.29) is 17.4 Å². The minimum Gasteiger partial charge on any atom is -0.469 e. The van der Waals surface area contributed by atoms with Gasteiger partial charge in [-0.3, -0.25) is 4.79 Å². The average Bonchev–Trinajstić information content (AvgIpc) is 3.14. The lowest BCUT2D eigenvalue weighted by atomic mass is 9.93. The number of nitrogens with zero attached hydrogens (tertiary/aromatic N) is 2. The summed E-state index contributed by atoms with van der Waals surface area (Å²) in [6, 6.07) is 14.6. The molecule has 1 atom stereocenters. The molecule has 1 heterocycles. The lowest BCUT2D eigenvalue weighted by Crippen LogP contribution is -2.38. The Morgan fingerprint density at radius 3 is 2.61 bits per heavy atom. The number of anilines is 3. The van der Waals surface area contributed by atoms with Crippen molar-refractivity contribution in [2.24, 2.45) is 5.92 Å². The van der Waals surface area contributed by atoms with Crippen molar-refractivity contribution >= 4 is 34.5 Å². The number of oxazole rings is 1. The van der Waals surface area contributed by atoms with E-state index in [0.717, 1.165) is 40.9 Å². The van der Waals surface area contributed by atoms with Crippen molar-refractivity contribution in [2.45, 2.75) is 52.5 Å². The number of hydrogen-bond acceptors (Lipinski definition) is 6. The number of fused-ring (bicyclic) bond motifs is 1. The van der Waals surface area contributed by atoms with Gasteiger partial charge in [0.1, 0.15) is 5.52 Å². The van der Waals surface area contributed by atoms with Crippen molar-refractivity contribution in [1.29, 1.82) is 0 Å². The maximum Gasteiger partial charge on any atom is 0.305 e. The number of esters is 1. The molecule has 0 saturated heterocycles. The number of para-hydroxylation sites is 2. The number of carbonyl (C=O) groups excluding carboxylic acids is 1. The Kier molecular flexibility index (Phi) is 6.88. The molecule has 0 amide bonds. The van der Waals surface area contributed by atoms with Crippen molar-refractivity contribution in [3.63, 3.8) is 0 Å². The van der Waals surface area contributed by atoms with Crippen LogP contribution in [0.1, 0.15) is 46.1 Å². The van der Waals surface area contributed by atoms with Gasteiger partial charge in [0.2, 0.25) is 0 Å². The summed E-state index contributed by atoms with van der Waals surface area (Å²) in [7, 11) is 3.52. The van der Waals surface area contributed by atoms with Gasteiger partial charge >= 0.3 is 5.97 Å². The van der Waals surface area contributed by atoms with Crippen LogP contribution in [0.4, 0.5) is 17.4 Å². The zero-order valence-corrected chi connectivity index (χ0v) is 19.4. The molecule has 31 heavy (non-hydrogen) atoms. The lowest BCUT2D eigenvalue weighted by Gasteiger charge is -2.35. The Bertz CT molecular complexity index is 1000. The molecular weight excluding hydrogens is 390 g/mol. The van der Waals surface area contributed by atoms with Crippen LogP contribution in [0.3, 0.4) is 0 Å². The van der Waals surface area contributed by atoms with Crippen LogP contribution in [0.2, 0.25) is 0 Å². The molecule has 2 aromatic carbocycles. The minimum absolute atomic E-state index is 0.0594. The standard InChI is InChI=1S/C25H33N3O3/c1-7-17(16-23(29)30-6)14-18-12-13-21(28(5)25(2,3)4)20(15-18)27-24-26-19-10-8-9-11-22(19)31-24/h8-13,15,17H,7,14,16H2,1-6H3,(H,26,27). The molecule has 0 bridgehead atoms. The Hall–Kier alpha value is -3.02. The molecule has 6 heteroatoms. The van der Waals surface area contributed by atoms with E-state index in [9.17, 15) is 4.79 Å². The van der Waals surface area contributed by atoms with Crippen molar-refractivity contribution in [1.82, 2.24) is 4.98 Å². The zero-order valence-electron chi connectivity index (χ0n) is 19.4. The number of rotatable bonds is 8. The first kappa shape index (κ1) is 22.7. The first-order valence-electron chi connectivity index (χ1n) is 10.8. The molecule has 1 aromatic heterocycles. The second-order valence-electron chi connectivity index (χ2n) is 8.95. The van der Waals surface area contributed by atoms with Gasteiger partial charge in [-0.05, 0) is 62.9 Å². The summed E-state index contributed by atoms with van der Waals surface area (Å²) in [5.41, 5.74) is 4.64. The number of benzene rings is 2. The van der Waals surface area contributed by atoms with Gasteiger partial charge in [-0.15, -0.1) is 0 Å². The molecule has 0 spiro atoms. The summed E-state index contributed by atoms with van der Waals surface area (Å²) in [5, 5.41) is 3.39. The van der Waals surface area contributed by atoms with Crippen molar-refractivity contribution in [3.05, 3.63) is 48.0 Å². The highest BCUT2D eigenvalue weighted by atomic mass is 16.5.